The van der Waals surface area contributed by atoms with Gasteiger partial charge in [0.2, 0.25) is 5.91 Å². The van der Waals surface area contributed by atoms with Crippen molar-refractivity contribution < 1.29 is 14.7 Å². The molecule has 1 amide bonds. The van der Waals surface area contributed by atoms with E-state index in [-0.39, 0.29) is 11.5 Å². The molecule has 2 aromatic rings. The van der Waals surface area contributed by atoms with Crippen LogP contribution in [0.25, 0.3) is 5.69 Å². The van der Waals surface area contributed by atoms with E-state index in [0.29, 0.717) is 13.1 Å². The van der Waals surface area contributed by atoms with Gasteiger partial charge in [0.05, 0.1) is 22.6 Å². The average molecular weight is 327 g/mol. The van der Waals surface area contributed by atoms with Crippen molar-refractivity contribution in [1.29, 1.82) is 0 Å². The molecule has 2 heterocycles. The van der Waals surface area contributed by atoms with E-state index in [1.54, 1.807) is 25.1 Å². The van der Waals surface area contributed by atoms with Crippen molar-refractivity contribution in [2.24, 2.45) is 0 Å². The number of carboxylic acid groups (broad SMARTS) is 1. The summed E-state index contributed by atoms with van der Waals surface area (Å²) in [5, 5.41) is 13.9. The molecule has 0 radical (unpaired) electrons. The fourth-order valence-corrected chi connectivity index (χ4v) is 3.18. The summed E-state index contributed by atoms with van der Waals surface area (Å²) >= 11 is 0. The Bertz CT molecular complexity index is 795. The van der Waals surface area contributed by atoms with E-state index in [1.165, 1.54) is 0 Å². The van der Waals surface area contributed by atoms with E-state index in [9.17, 15) is 14.7 Å². The van der Waals surface area contributed by atoms with Crippen LogP contribution in [0.2, 0.25) is 0 Å². The van der Waals surface area contributed by atoms with E-state index in [2.05, 4.69) is 6.92 Å². The Labute approximate surface area is 140 Å². The first-order chi connectivity index (χ1) is 11.5. The molecule has 0 atom stereocenters. The van der Waals surface area contributed by atoms with E-state index < -0.39 is 5.97 Å². The first-order valence-electron chi connectivity index (χ1n) is 8.20. The summed E-state index contributed by atoms with van der Waals surface area (Å²) in [6, 6.07) is 6.82. The molecule has 0 saturated carbocycles. The number of aromatic nitrogens is 2. The van der Waals surface area contributed by atoms with Gasteiger partial charge >= 0.3 is 5.97 Å². The summed E-state index contributed by atoms with van der Waals surface area (Å²) in [5.74, 6) is -0.877. The predicted octanol–water partition coefficient (Wildman–Crippen LogP) is 2.43. The zero-order chi connectivity index (χ0) is 17.3. The molecule has 0 spiro atoms. The van der Waals surface area contributed by atoms with E-state index in [0.717, 1.165) is 41.9 Å². The van der Waals surface area contributed by atoms with Crippen molar-refractivity contribution in [2.45, 2.75) is 39.7 Å². The predicted molar refractivity (Wildman–Crippen MR) is 89.3 cm³/mol. The molecule has 0 fully saturated rings. The highest BCUT2D eigenvalue weighted by molar-refractivity contribution is 5.88. The second-order valence-corrected chi connectivity index (χ2v) is 6.08. The fourth-order valence-electron chi connectivity index (χ4n) is 3.18. The zero-order valence-corrected chi connectivity index (χ0v) is 14.0. The summed E-state index contributed by atoms with van der Waals surface area (Å²) in [5.41, 5.74) is 4.19. The van der Waals surface area contributed by atoms with Gasteiger partial charge in [0.15, 0.2) is 0 Å². The van der Waals surface area contributed by atoms with Gasteiger partial charge in [-0.05, 0) is 24.6 Å². The maximum absolute atomic E-state index is 11.7. The Balaban J connectivity index is 2.07. The fraction of sp³-hybridized carbons (Fsp3) is 0.389. The summed E-state index contributed by atoms with van der Waals surface area (Å²) in [6.07, 6.45) is 2.54. The molecule has 126 valence electrons. The summed E-state index contributed by atoms with van der Waals surface area (Å²) < 4.78 is 1.85. The highest BCUT2D eigenvalue weighted by Gasteiger charge is 2.26. The maximum atomic E-state index is 11.7. The summed E-state index contributed by atoms with van der Waals surface area (Å²) in [7, 11) is 0. The largest absolute Gasteiger partial charge is 0.478 e. The SMILES string of the molecule is CCCc1nn(-c2cccc(C(=O)O)c2)c2c1CN(C(C)=O)CC2. The molecule has 1 aliphatic rings. The molecule has 1 aromatic carbocycles. The van der Waals surface area contributed by atoms with Crippen molar-refractivity contribution in [3.05, 3.63) is 46.8 Å². The number of carboxylic acids is 1. The second-order valence-electron chi connectivity index (χ2n) is 6.08. The van der Waals surface area contributed by atoms with Crippen LogP contribution in [0.5, 0.6) is 0 Å². The Kier molecular flexibility index (Phi) is 4.38. The molecule has 6 heteroatoms. The Morgan fingerprint density at radius 1 is 1.33 bits per heavy atom. The molecule has 0 aliphatic carbocycles. The van der Waals surface area contributed by atoms with Crippen molar-refractivity contribution in [3.63, 3.8) is 0 Å². The lowest BCUT2D eigenvalue weighted by Gasteiger charge is -2.26. The first-order valence-corrected chi connectivity index (χ1v) is 8.20. The minimum absolute atomic E-state index is 0.0729. The Hall–Kier alpha value is -2.63. The summed E-state index contributed by atoms with van der Waals surface area (Å²) in [6.45, 7) is 4.93. The highest BCUT2D eigenvalue weighted by Crippen LogP contribution is 2.26. The van der Waals surface area contributed by atoms with Crippen LogP contribution in [0.1, 0.15) is 47.6 Å². The lowest BCUT2D eigenvalue weighted by atomic mass is 10.0. The number of nitrogens with zero attached hydrogens (tertiary/aromatic N) is 3. The van der Waals surface area contributed by atoms with Gasteiger partial charge in [-0.15, -0.1) is 0 Å². The molecule has 1 aliphatic heterocycles. The van der Waals surface area contributed by atoms with E-state index in [1.807, 2.05) is 15.6 Å². The standard InChI is InChI=1S/C18H21N3O3/c1-3-5-16-15-11-20(12(2)22)9-8-17(15)21(19-16)14-7-4-6-13(10-14)18(23)24/h4,6-7,10H,3,5,8-9,11H2,1-2H3,(H,23,24). The van der Waals surface area contributed by atoms with Gasteiger partial charge in [-0.2, -0.15) is 5.10 Å². The Morgan fingerprint density at radius 3 is 2.79 bits per heavy atom. The monoisotopic (exact) mass is 327 g/mol. The number of aryl methyl sites for hydroxylation is 1. The number of amides is 1. The number of rotatable bonds is 4. The molecule has 0 saturated heterocycles. The summed E-state index contributed by atoms with van der Waals surface area (Å²) in [4.78, 5) is 24.8. The minimum atomic E-state index is -0.950. The van der Waals surface area contributed by atoms with Gasteiger partial charge in [0.25, 0.3) is 0 Å². The molecular formula is C18H21N3O3. The normalized spacial score (nSPS) is 13.7. The second kappa shape index (κ2) is 6.47. The number of carbonyl (C=O) groups excluding carboxylic acids is 1. The van der Waals surface area contributed by atoms with Crippen LogP contribution < -0.4 is 0 Å². The maximum Gasteiger partial charge on any atom is 0.335 e. The third-order valence-electron chi connectivity index (χ3n) is 4.41. The lowest BCUT2D eigenvalue weighted by molar-refractivity contribution is -0.129. The van der Waals surface area contributed by atoms with Crippen molar-refractivity contribution in [1.82, 2.24) is 14.7 Å². The van der Waals surface area contributed by atoms with Crippen LogP contribution in [0, 0.1) is 0 Å². The molecule has 0 bridgehead atoms. The van der Waals surface area contributed by atoms with Crippen LogP contribution in [0.3, 0.4) is 0 Å². The molecule has 1 aromatic heterocycles. The molecule has 1 N–H and O–H groups in total. The van der Waals surface area contributed by atoms with Crippen LogP contribution in [0.4, 0.5) is 0 Å². The molecule has 24 heavy (non-hydrogen) atoms. The molecular weight excluding hydrogens is 306 g/mol. The van der Waals surface area contributed by atoms with Crippen LogP contribution >= 0.6 is 0 Å². The highest BCUT2D eigenvalue weighted by atomic mass is 16.4. The number of carbonyl (C=O) groups is 2. The number of aromatic carboxylic acids is 1. The Morgan fingerprint density at radius 2 is 2.12 bits per heavy atom. The van der Waals surface area contributed by atoms with Gasteiger partial charge in [0, 0.05) is 32.0 Å². The molecule has 3 rings (SSSR count). The lowest BCUT2D eigenvalue weighted by Crippen LogP contribution is -2.34. The van der Waals surface area contributed by atoms with Gasteiger partial charge in [0.1, 0.15) is 0 Å². The minimum Gasteiger partial charge on any atom is -0.478 e. The average Bonchev–Trinajstić information content (AvgIpc) is 2.93. The van der Waals surface area contributed by atoms with Gasteiger partial charge in [-0.25, -0.2) is 9.48 Å². The number of benzene rings is 1. The quantitative estimate of drug-likeness (QED) is 0.936. The van der Waals surface area contributed by atoms with Gasteiger partial charge in [-0.1, -0.05) is 19.4 Å². The van der Waals surface area contributed by atoms with Crippen LogP contribution in [-0.2, 0) is 24.2 Å². The third-order valence-corrected chi connectivity index (χ3v) is 4.41. The number of fused-ring (bicyclic) bond motifs is 1. The smallest absolute Gasteiger partial charge is 0.335 e. The molecule has 6 nitrogen and oxygen atoms in total. The number of hydrogen-bond donors (Lipinski definition) is 1. The first kappa shape index (κ1) is 16.2. The van der Waals surface area contributed by atoms with Crippen molar-refractivity contribution >= 4 is 11.9 Å². The van der Waals surface area contributed by atoms with Gasteiger partial charge < -0.3 is 10.0 Å². The topological polar surface area (TPSA) is 75.4 Å². The zero-order valence-electron chi connectivity index (χ0n) is 14.0. The van der Waals surface area contributed by atoms with E-state index >= 15 is 0 Å². The van der Waals surface area contributed by atoms with Crippen molar-refractivity contribution in [3.8, 4) is 5.69 Å². The van der Waals surface area contributed by atoms with Crippen LogP contribution in [-0.4, -0.2) is 38.2 Å². The third kappa shape index (κ3) is 2.91. The van der Waals surface area contributed by atoms with Gasteiger partial charge in [-0.3, -0.25) is 4.79 Å². The van der Waals surface area contributed by atoms with Crippen LogP contribution in [0.15, 0.2) is 24.3 Å². The number of hydrogen-bond acceptors (Lipinski definition) is 3. The van der Waals surface area contributed by atoms with Crippen molar-refractivity contribution in [2.75, 3.05) is 6.54 Å². The molecule has 0 unspecified atom stereocenters. The van der Waals surface area contributed by atoms with E-state index in [4.69, 9.17) is 5.10 Å².